The van der Waals surface area contributed by atoms with Gasteiger partial charge in [0, 0.05) is 6.04 Å². The lowest BCUT2D eigenvalue weighted by Gasteiger charge is -2.59. The van der Waals surface area contributed by atoms with Gasteiger partial charge in [0.2, 0.25) is 0 Å². The SMILES string of the molecule is NC(CCS(=O)(=O)O)CC12CC3CC(CC(F)(C3)C1)C2. The van der Waals surface area contributed by atoms with Crippen molar-refractivity contribution in [2.45, 2.75) is 63.1 Å². The lowest BCUT2D eigenvalue weighted by Crippen LogP contribution is -2.54. The molecular formula is C14H24FNO3S. The highest BCUT2D eigenvalue weighted by Crippen LogP contribution is 2.64. The Morgan fingerprint density at radius 1 is 1.25 bits per heavy atom. The average Bonchev–Trinajstić information content (AvgIpc) is 2.21. The monoisotopic (exact) mass is 305 g/mol. The molecule has 116 valence electrons. The van der Waals surface area contributed by atoms with Crippen molar-refractivity contribution in [3.8, 4) is 0 Å². The smallest absolute Gasteiger partial charge is 0.264 e. The second kappa shape index (κ2) is 4.65. The molecule has 4 aliphatic carbocycles. The number of hydrogen-bond acceptors (Lipinski definition) is 3. The summed E-state index contributed by atoms with van der Waals surface area (Å²) in [6.45, 7) is 0. The van der Waals surface area contributed by atoms with Crippen molar-refractivity contribution in [3.63, 3.8) is 0 Å². The summed E-state index contributed by atoms with van der Waals surface area (Å²) in [6.07, 6.45) is 6.25. The standard InChI is InChI=1S/C14H24FNO3S/c15-14-6-10-3-11(7-14)5-13(4-10,9-14)8-12(16)1-2-20(17,18)19/h10-12H,1-9,16H2,(H,17,18,19). The van der Waals surface area contributed by atoms with Crippen molar-refractivity contribution < 1.29 is 17.4 Å². The Labute approximate surface area is 120 Å². The summed E-state index contributed by atoms with van der Waals surface area (Å²) in [5.41, 5.74) is 5.04. The van der Waals surface area contributed by atoms with Crippen LogP contribution in [0, 0.1) is 17.3 Å². The molecule has 0 aromatic carbocycles. The summed E-state index contributed by atoms with van der Waals surface area (Å²) < 4.78 is 45.2. The van der Waals surface area contributed by atoms with Crippen LogP contribution in [0.2, 0.25) is 0 Å². The summed E-state index contributed by atoms with van der Waals surface area (Å²) in [7, 11) is -3.95. The normalized spacial score (nSPS) is 44.8. The molecule has 0 spiro atoms. The van der Waals surface area contributed by atoms with Crippen LogP contribution in [-0.2, 0) is 10.1 Å². The van der Waals surface area contributed by atoms with Crippen LogP contribution in [0.5, 0.6) is 0 Å². The van der Waals surface area contributed by atoms with Crippen LogP contribution in [0.25, 0.3) is 0 Å². The van der Waals surface area contributed by atoms with Gasteiger partial charge in [0.1, 0.15) is 5.67 Å². The molecule has 4 saturated carbocycles. The van der Waals surface area contributed by atoms with Gasteiger partial charge in [0.25, 0.3) is 10.1 Å². The van der Waals surface area contributed by atoms with Crippen LogP contribution >= 0.6 is 0 Å². The van der Waals surface area contributed by atoms with Crippen molar-refractivity contribution in [1.82, 2.24) is 0 Å². The van der Waals surface area contributed by atoms with E-state index in [0.29, 0.717) is 37.5 Å². The summed E-state index contributed by atoms with van der Waals surface area (Å²) in [6, 6.07) is -0.267. The van der Waals surface area contributed by atoms with E-state index in [9.17, 15) is 12.8 Å². The number of hydrogen-bond donors (Lipinski definition) is 2. The van der Waals surface area contributed by atoms with E-state index in [4.69, 9.17) is 10.3 Å². The van der Waals surface area contributed by atoms with E-state index in [1.165, 1.54) is 0 Å². The molecule has 0 aromatic heterocycles. The van der Waals surface area contributed by atoms with Crippen molar-refractivity contribution in [2.24, 2.45) is 23.0 Å². The number of nitrogens with two attached hydrogens (primary N) is 1. The van der Waals surface area contributed by atoms with Crippen LogP contribution in [-0.4, -0.2) is 30.4 Å². The summed E-state index contributed by atoms with van der Waals surface area (Å²) in [5, 5.41) is 0. The molecule has 6 heteroatoms. The fraction of sp³-hybridized carbons (Fsp3) is 1.00. The van der Waals surface area contributed by atoms with Gasteiger partial charge in [-0.15, -0.1) is 0 Å². The Balaban J connectivity index is 1.65. The van der Waals surface area contributed by atoms with Gasteiger partial charge in [-0.2, -0.15) is 8.42 Å². The predicted molar refractivity (Wildman–Crippen MR) is 74.6 cm³/mol. The van der Waals surface area contributed by atoms with E-state index >= 15 is 0 Å². The highest BCUT2D eigenvalue weighted by Gasteiger charge is 2.58. The van der Waals surface area contributed by atoms with Crippen molar-refractivity contribution in [1.29, 1.82) is 0 Å². The maximum Gasteiger partial charge on any atom is 0.264 e. The van der Waals surface area contributed by atoms with E-state index in [0.717, 1.165) is 19.3 Å². The van der Waals surface area contributed by atoms with E-state index in [2.05, 4.69) is 0 Å². The fourth-order valence-corrected chi connectivity index (χ4v) is 6.13. The third kappa shape index (κ3) is 3.02. The van der Waals surface area contributed by atoms with Crippen molar-refractivity contribution in [3.05, 3.63) is 0 Å². The lowest BCUT2D eigenvalue weighted by atomic mass is 9.47. The molecule has 20 heavy (non-hydrogen) atoms. The first kappa shape index (κ1) is 14.7. The first-order valence-corrected chi connectivity index (χ1v) is 9.18. The first-order chi connectivity index (χ1) is 9.17. The molecule has 0 radical (unpaired) electrons. The molecular weight excluding hydrogens is 281 g/mol. The van der Waals surface area contributed by atoms with Gasteiger partial charge in [-0.1, -0.05) is 0 Å². The molecule has 3 atom stereocenters. The topological polar surface area (TPSA) is 80.4 Å². The van der Waals surface area contributed by atoms with Crippen LogP contribution in [0.3, 0.4) is 0 Å². The zero-order valence-corrected chi connectivity index (χ0v) is 12.5. The quantitative estimate of drug-likeness (QED) is 0.764. The largest absolute Gasteiger partial charge is 0.328 e. The lowest BCUT2D eigenvalue weighted by molar-refractivity contribution is -0.128. The second-order valence-electron chi connectivity index (χ2n) is 7.65. The highest BCUT2D eigenvalue weighted by atomic mass is 32.2. The molecule has 3 unspecified atom stereocenters. The Bertz CT molecular complexity index is 479. The third-order valence-corrected chi connectivity index (χ3v) is 6.30. The zero-order valence-electron chi connectivity index (χ0n) is 11.7. The molecule has 4 aliphatic rings. The van der Waals surface area contributed by atoms with Crippen LogP contribution in [0.1, 0.15) is 51.4 Å². The Morgan fingerprint density at radius 2 is 1.85 bits per heavy atom. The Hall–Kier alpha value is -0.200. The number of halogens is 1. The molecule has 4 fully saturated rings. The summed E-state index contributed by atoms with van der Waals surface area (Å²) in [4.78, 5) is 0. The third-order valence-electron chi connectivity index (χ3n) is 5.55. The molecule has 0 saturated heterocycles. The number of rotatable bonds is 5. The minimum atomic E-state index is -3.95. The van der Waals surface area contributed by atoms with Gasteiger partial charge in [0.15, 0.2) is 0 Å². The number of alkyl halides is 1. The average molecular weight is 305 g/mol. The van der Waals surface area contributed by atoms with Gasteiger partial charge in [-0.3, -0.25) is 4.55 Å². The molecule has 0 aliphatic heterocycles. The molecule has 0 heterocycles. The van der Waals surface area contributed by atoms with Gasteiger partial charge < -0.3 is 5.73 Å². The van der Waals surface area contributed by atoms with Crippen molar-refractivity contribution in [2.75, 3.05) is 5.75 Å². The minimum Gasteiger partial charge on any atom is -0.328 e. The fourth-order valence-electron chi connectivity index (χ4n) is 5.53. The van der Waals surface area contributed by atoms with E-state index < -0.39 is 15.8 Å². The van der Waals surface area contributed by atoms with Gasteiger partial charge in [0.05, 0.1) is 5.75 Å². The van der Waals surface area contributed by atoms with E-state index in [-0.39, 0.29) is 23.6 Å². The second-order valence-corrected chi connectivity index (χ2v) is 9.22. The van der Waals surface area contributed by atoms with Crippen LogP contribution in [0.4, 0.5) is 4.39 Å². The van der Waals surface area contributed by atoms with Crippen molar-refractivity contribution >= 4 is 10.1 Å². The summed E-state index contributed by atoms with van der Waals surface area (Å²) in [5.74, 6) is 0.697. The molecule has 3 N–H and O–H groups in total. The minimum absolute atomic E-state index is 0.0164. The molecule has 0 amide bonds. The van der Waals surface area contributed by atoms with Crippen LogP contribution in [0.15, 0.2) is 0 Å². The zero-order chi connectivity index (χ0) is 14.6. The van der Waals surface area contributed by atoms with Gasteiger partial charge >= 0.3 is 0 Å². The first-order valence-electron chi connectivity index (χ1n) is 7.57. The Morgan fingerprint density at radius 3 is 2.35 bits per heavy atom. The van der Waals surface area contributed by atoms with Gasteiger partial charge in [-0.25, -0.2) is 4.39 Å². The molecule has 0 aromatic rings. The van der Waals surface area contributed by atoms with E-state index in [1.807, 2.05) is 0 Å². The van der Waals surface area contributed by atoms with Crippen LogP contribution < -0.4 is 5.73 Å². The van der Waals surface area contributed by atoms with E-state index in [1.54, 1.807) is 0 Å². The summed E-state index contributed by atoms with van der Waals surface area (Å²) >= 11 is 0. The maximum absolute atomic E-state index is 14.8. The molecule has 4 rings (SSSR count). The van der Waals surface area contributed by atoms with Gasteiger partial charge in [-0.05, 0) is 68.6 Å². The molecule has 4 nitrogen and oxygen atoms in total. The predicted octanol–water partition coefficient (Wildman–Crippen LogP) is 2.29. The Kier molecular flexibility index (Phi) is 3.42. The maximum atomic E-state index is 14.8. The highest BCUT2D eigenvalue weighted by molar-refractivity contribution is 7.85. The molecule has 4 bridgehead atoms.